The molecule has 1 atom stereocenters. The highest BCUT2D eigenvalue weighted by Crippen LogP contribution is 2.38. The summed E-state index contributed by atoms with van der Waals surface area (Å²) in [6.07, 6.45) is 4.48. The van der Waals surface area contributed by atoms with Gasteiger partial charge in [-0.05, 0) is 43.2 Å². The molecule has 138 valence electrons. The number of nitrogens with zero attached hydrogens (tertiary/aromatic N) is 3. The smallest absolute Gasteiger partial charge is 0.232 e. The Hall–Kier alpha value is -2.53. The van der Waals surface area contributed by atoms with E-state index in [1.54, 1.807) is 17.5 Å². The van der Waals surface area contributed by atoms with E-state index in [1.807, 2.05) is 44.0 Å². The topological polar surface area (TPSA) is 46.1 Å². The Labute approximate surface area is 163 Å². The first-order valence-corrected chi connectivity index (χ1v) is 10.1. The standard InChI is InChI=1S/C22H23N3OS/c1-14-10-17-11-15(7-8-19(17)25(14)21(26)22(2,3)4)18-13-27-20(24-18)16-6-5-9-23-12-16/h5-9,11-14H,10H2,1-4H3/t14-/m0/s1. The average molecular weight is 378 g/mol. The first-order chi connectivity index (χ1) is 12.8. The van der Waals surface area contributed by atoms with Gasteiger partial charge in [0.25, 0.3) is 0 Å². The zero-order valence-electron chi connectivity index (χ0n) is 16.1. The van der Waals surface area contributed by atoms with Gasteiger partial charge in [-0.1, -0.05) is 26.8 Å². The van der Waals surface area contributed by atoms with Gasteiger partial charge in [0.1, 0.15) is 5.01 Å². The van der Waals surface area contributed by atoms with Crippen molar-refractivity contribution in [3.05, 3.63) is 53.7 Å². The van der Waals surface area contributed by atoms with Crippen LogP contribution in [0.2, 0.25) is 0 Å². The zero-order valence-corrected chi connectivity index (χ0v) is 16.9. The minimum atomic E-state index is -0.387. The van der Waals surface area contributed by atoms with E-state index in [-0.39, 0.29) is 17.4 Å². The van der Waals surface area contributed by atoms with E-state index in [0.29, 0.717) is 0 Å². The molecule has 2 aromatic heterocycles. The molecule has 1 amide bonds. The number of anilines is 1. The van der Waals surface area contributed by atoms with Crippen LogP contribution in [-0.2, 0) is 11.2 Å². The number of fused-ring (bicyclic) bond motifs is 1. The lowest BCUT2D eigenvalue weighted by molar-refractivity contribution is -0.126. The highest BCUT2D eigenvalue weighted by molar-refractivity contribution is 7.13. The Morgan fingerprint density at radius 1 is 1.22 bits per heavy atom. The molecule has 0 fully saturated rings. The van der Waals surface area contributed by atoms with Gasteiger partial charge in [0.05, 0.1) is 5.69 Å². The molecule has 0 saturated heterocycles. The van der Waals surface area contributed by atoms with Crippen molar-refractivity contribution in [2.45, 2.75) is 40.2 Å². The minimum absolute atomic E-state index is 0.175. The van der Waals surface area contributed by atoms with E-state index in [0.717, 1.165) is 33.9 Å². The lowest BCUT2D eigenvalue weighted by Gasteiger charge is -2.29. The molecule has 0 unspecified atom stereocenters. The molecule has 27 heavy (non-hydrogen) atoms. The van der Waals surface area contributed by atoms with Crippen LogP contribution in [0, 0.1) is 5.41 Å². The molecule has 0 bridgehead atoms. The van der Waals surface area contributed by atoms with Crippen molar-refractivity contribution in [1.82, 2.24) is 9.97 Å². The number of rotatable bonds is 2. The van der Waals surface area contributed by atoms with Crippen LogP contribution in [-0.4, -0.2) is 21.9 Å². The molecule has 0 saturated carbocycles. The van der Waals surface area contributed by atoms with Crippen LogP contribution < -0.4 is 4.90 Å². The van der Waals surface area contributed by atoms with Crippen LogP contribution in [0.25, 0.3) is 21.8 Å². The molecule has 1 aliphatic heterocycles. The third-order valence-electron chi connectivity index (χ3n) is 4.86. The van der Waals surface area contributed by atoms with Gasteiger partial charge in [0.15, 0.2) is 0 Å². The lowest BCUT2D eigenvalue weighted by atomic mass is 9.94. The summed E-state index contributed by atoms with van der Waals surface area (Å²) in [5.41, 5.74) is 4.96. The SMILES string of the molecule is C[C@H]1Cc2cc(-c3csc(-c4cccnc4)n3)ccc2N1C(=O)C(C)(C)C. The normalized spacial score (nSPS) is 16.4. The summed E-state index contributed by atoms with van der Waals surface area (Å²) in [5, 5.41) is 3.05. The number of aromatic nitrogens is 2. The Balaban J connectivity index is 1.66. The highest BCUT2D eigenvalue weighted by Gasteiger charge is 2.36. The van der Waals surface area contributed by atoms with Crippen LogP contribution in [0.1, 0.15) is 33.3 Å². The minimum Gasteiger partial charge on any atom is -0.309 e. The number of thiazole rings is 1. The predicted molar refractivity (Wildman–Crippen MR) is 111 cm³/mol. The third-order valence-corrected chi connectivity index (χ3v) is 5.76. The van der Waals surface area contributed by atoms with Crippen LogP contribution >= 0.6 is 11.3 Å². The van der Waals surface area contributed by atoms with Gasteiger partial charge in [-0.15, -0.1) is 11.3 Å². The van der Waals surface area contributed by atoms with Crippen molar-refractivity contribution in [1.29, 1.82) is 0 Å². The quantitative estimate of drug-likeness (QED) is 0.617. The van der Waals surface area contributed by atoms with Gasteiger partial charge in [-0.2, -0.15) is 0 Å². The van der Waals surface area contributed by atoms with E-state index in [4.69, 9.17) is 4.98 Å². The summed E-state index contributed by atoms with van der Waals surface area (Å²) in [6.45, 7) is 8.05. The Morgan fingerprint density at radius 2 is 2.04 bits per heavy atom. The zero-order chi connectivity index (χ0) is 19.2. The molecule has 4 nitrogen and oxygen atoms in total. The third kappa shape index (κ3) is 3.28. The summed E-state index contributed by atoms with van der Waals surface area (Å²) >= 11 is 1.62. The summed E-state index contributed by atoms with van der Waals surface area (Å²) in [7, 11) is 0. The summed E-state index contributed by atoms with van der Waals surface area (Å²) in [5.74, 6) is 0.175. The molecule has 0 N–H and O–H groups in total. The molecule has 0 radical (unpaired) electrons. The lowest BCUT2D eigenvalue weighted by Crippen LogP contribution is -2.42. The van der Waals surface area contributed by atoms with E-state index in [2.05, 4.69) is 35.5 Å². The maximum absolute atomic E-state index is 12.9. The molecule has 3 aromatic rings. The Bertz CT molecular complexity index is 988. The number of benzene rings is 1. The number of amides is 1. The second-order valence-corrected chi connectivity index (χ2v) is 8.96. The number of carbonyl (C=O) groups excluding carboxylic acids is 1. The molecule has 3 heterocycles. The van der Waals surface area contributed by atoms with Gasteiger partial charge in [0.2, 0.25) is 5.91 Å². The van der Waals surface area contributed by atoms with Crippen LogP contribution in [0.3, 0.4) is 0 Å². The summed E-state index contributed by atoms with van der Waals surface area (Å²) in [6, 6.07) is 10.5. The predicted octanol–water partition coefficient (Wildman–Crippen LogP) is 5.20. The van der Waals surface area contributed by atoms with E-state index in [1.165, 1.54) is 5.56 Å². The molecule has 0 spiro atoms. The number of pyridine rings is 1. The maximum atomic E-state index is 12.9. The van der Waals surface area contributed by atoms with E-state index in [9.17, 15) is 4.79 Å². The van der Waals surface area contributed by atoms with Crippen LogP contribution in [0.4, 0.5) is 5.69 Å². The molecule has 0 aliphatic carbocycles. The van der Waals surface area contributed by atoms with Crippen molar-refractivity contribution in [2.24, 2.45) is 5.41 Å². The summed E-state index contributed by atoms with van der Waals surface area (Å²) in [4.78, 5) is 23.8. The fourth-order valence-electron chi connectivity index (χ4n) is 3.49. The van der Waals surface area contributed by atoms with E-state index >= 15 is 0 Å². The first-order valence-electron chi connectivity index (χ1n) is 9.17. The van der Waals surface area contributed by atoms with Crippen molar-refractivity contribution in [3.8, 4) is 21.8 Å². The van der Waals surface area contributed by atoms with Gasteiger partial charge in [0, 0.05) is 46.0 Å². The van der Waals surface area contributed by atoms with Crippen molar-refractivity contribution >= 4 is 22.9 Å². The second-order valence-electron chi connectivity index (χ2n) is 8.10. The molecule has 1 aliphatic rings. The number of hydrogen-bond donors (Lipinski definition) is 0. The molecule has 1 aromatic carbocycles. The Kier molecular flexibility index (Phi) is 4.35. The number of carbonyl (C=O) groups is 1. The van der Waals surface area contributed by atoms with Crippen molar-refractivity contribution in [3.63, 3.8) is 0 Å². The van der Waals surface area contributed by atoms with Gasteiger partial charge in [-0.3, -0.25) is 9.78 Å². The highest BCUT2D eigenvalue weighted by atomic mass is 32.1. The molecule has 4 rings (SSSR count). The molecular weight excluding hydrogens is 354 g/mol. The van der Waals surface area contributed by atoms with Gasteiger partial charge in [-0.25, -0.2) is 4.98 Å². The van der Waals surface area contributed by atoms with Crippen LogP contribution in [0.5, 0.6) is 0 Å². The van der Waals surface area contributed by atoms with Crippen LogP contribution in [0.15, 0.2) is 48.1 Å². The summed E-state index contributed by atoms with van der Waals surface area (Å²) < 4.78 is 0. The largest absolute Gasteiger partial charge is 0.309 e. The van der Waals surface area contributed by atoms with E-state index < -0.39 is 0 Å². The Morgan fingerprint density at radius 3 is 2.74 bits per heavy atom. The molecule has 5 heteroatoms. The monoisotopic (exact) mass is 377 g/mol. The fraction of sp³-hybridized carbons (Fsp3) is 0.318. The van der Waals surface area contributed by atoms with Gasteiger partial charge < -0.3 is 4.90 Å². The maximum Gasteiger partial charge on any atom is 0.232 e. The number of hydrogen-bond acceptors (Lipinski definition) is 4. The van der Waals surface area contributed by atoms with Gasteiger partial charge >= 0.3 is 0 Å². The van der Waals surface area contributed by atoms with Crippen molar-refractivity contribution in [2.75, 3.05) is 4.90 Å². The molecular formula is C22H23N3OS. The fourth-order valence-corrected chi connectivity index (χ4v) is 4.31. The first kappa shape index (κ1) is 17.9. The average Bonchev–Trinajstić information content (AvgIpc) is 3.24. The van der Waals surface area contributed by atoms with Crippen molar-refractivity contribution < 1.29 is 4.79 Å². The second kappa shape index (κ2) is 6.57.